The van der Waals surface area contributed by atoms with Crippen LogP contribution in [0.4, 0.5) is 19.0 Å². The van der Waals surface area contributed by atoms with Gasteiger partial charge in [0.15, 0.2) is 5.82 Å². The average Bonchev–Trinajstić information content (AvgIpc) is 3.05. The molecule has 2 heterocycles. The van der Waals surface area contributed by atoms with Crippen molar-refractivity contribution in [2.45, 2.75) is 31.5 Å². The molecule has 0 unspecified atom stereocenters. The van der Waals surface area contributed by atoms with E-state index in [0.717, 1.165) is 62.8 Å². The monoisotopic (exact) mass is 428 g/mol. The van der Waals surface area contributed by atoms with Crippen molar-refractivity contribution in [2.75, 3.05) is 43.5 Å². The van der Waals surface area contributed by atoms with Gasteiger partial charge in [0.05, 0.1) is 5.69 Å². The molecule has 1 aromatic carbocycles. The van der Waals surface area contributed by atoms with Gasteiger partial charge in [-0.05, 0) is 37.1 Å². The number of benzene rings is 1. The Morgan fingerprint density at radius 3 is 2.31 bits per heavy atom. The van der Waals surface area contributed by atoms with Gasteiger partial charge >= 0.3 is 6.36 Å². The highest BCUT2D eigenvalue weighted by Crippen LogP contribution is 2.39. The van der Waals surface area contributed by atoms with E-state index < -0.39 is 6.36 Å². The Hall–Kier alpha value is -1.93. The fraction of sp³-hybridized carbons (Fsp3) is 0.550. The molecule has 1 saturated heterocycles. The minimum Gasteiger partial charge on any atom is -0.406 e. The van der Waals surface area contributed by atoms with E-state index in [1.54, 1.807) is 12.1 Å². The zero-order chi connectivity index (χ0) is 20.4. The van der Waals surface area contributed by atoms with Crippen LogP contribution in [0.15, 0.2) is 30.3 Å². The van der Waals surface area contributed by atoms with Crippen LogP contribution in [0, 0.1) is 0 Å². The summed E-state index contributed by atoms with van der Waals surface area (Å²) in [7, 11) is 0. The van der Waals surface area contributed by atoms with E-state index in [1.807, 2.05) is 4.68 Å². The Bertz CT molecular complexity index is 812. The SMILES string of the molecule is FC(F)(F)Oc1ccc(-n2nc(N3CCN(CCCl)CC3)cc2C2CCC2)cc1. The van der Waals surface area contributed by atoms with E-state index in [9.17, 15) is 13.2 Å². The summed E-state index contributed by atoms with van der Waals surface area (Å²) >= 11 is 5.84. The normalized spacial score (nSPS) is 18.7. The number of nitrogens with zero attached hydrogens (tertiary/aromatic N) is 4. The van der Waals surface area contributed by atoms with Crippen molar-refractivity contribution >= 4 is 17.4 Å². The second-order valence-corrected chi connectivity index (χ2v) is 7.90. The van der Waals surface area contributed by atoms with Crippen molar-refractivity contribution in [3.8, 4) is 11.4 Å². The molecule has 1 aliphatic carbocycles. The molecule has 0 atom stereocenters. The smallest absolute Gasteiger partial charge is 0.406 e. The van der Waals surface area contributed by atoms with Crippen LogP contribution in [0.1, 0.15) is 30.9 Å². The van der Waals surface area contributed by atoms with Crippen molar-refractivity contribution in [1.82, 2.24) is 14.7 Å². The molecule has 0 bridgehead atoms. The predicted octanol–water partition coefficient (Wildman–Crippen LogP) is 4.40. The Kier molecular flexibility index (Phi) is 5.92. The van der Waals surface area contributed by atoms with Crippen molar-refractivity contribution in [3.63, 3.8) is 0 Å². The van der Waals surface area contributed by atoms with Gasteiger partial charge in [-0.2, -0.15) is 5.10 Å². The quantitative estimate of drug-likeness (QED) is 0.639. The summed E-state index contributed by atoms with van der Waals surface area (Å²) in [5, 5.41) is 4.82. The number of rotatable bonds is 6. The summed E-state index contributed by atoms with van der Waals surface area (Å²) in [5.74, 6) is 1.77. The maximum atomic E-state index is 12.4. The third-order valence-corrected chi connectivity index (χ3v) is 5.83. The first-order chi connectivity index (χ1) is 13.9. The molecule has 4 rings (SSSR count). The van der Waals surface area contributed by atoms with Crippen LogP contribution in [0.3, 0.4) is 0 Å². The number of ether oxygens (including phenoxy) is 1. The Balaban J connectivity index is 1.55. The van der Waals surface area contributed by atoms with E-state index in [4.69, 9.17) is 16.7 Å². The summed E-state index contributed by atoms with van der Waals surface area (Å²) in [6.07, 6.45) is -1.27. The van der Waals surface area contributed by atoms with Crippen LogP contribution in [-0.2, 0) is 0 Å². The first kappa shape index (κ1) is 20.3. The summed E-state index contributed by atoms with van der Waals surface area (Å²) < 4.78 is 43.1. The number of piperazine rings is 1. The molecule has 158 valence electrons. The number of alkyl halides is 4. The van der Waals surface area contributed by atoms with Crippen molar-refractivity contribution in [2.24, 2.45) is 0 Å². The highest BCUT2D eigenvalue weighted by Gasteiger charge is 2.31. The molecule has 2 aromatic rings. The first-order valence-corrected chi connectivity index (χ1v) is 10.5. The van der Waals surface area contributed by atoms with Gasteiger partial charge in [-0.1, -0.05) is 6.42 Å². The average molecular weight is 429 g/mol. The maximum Gasteiger partial charge on any atom is 0.573 e. The lowest BCUT2D eigenvalue weighted by atomic mass is 9.83. The molecule has 29 heavy (non-hydrogen) atoms. The number of hydrogen-bond acceptors (Lipinski definition) is 4. The Morgan fingerprint density at radius 1 is 1.07 bits per heavy atom. The lowest BCUT2D eigenvalue weighted by molar-refractivity contribution is -0.274. The van der Waals surface area contributed by atoms with Gasteiger partial charge in [0.2, 0.25) is 0 Å². The predicted molar refractivity (Wildman–Crippen MR) is 106 cm³/mol. The van der Waals surface area contributed by atoms with Gasteiger partial charge in [-0.25, -0.2) is 4.68 Å². The minimum atomic E-state index is -4.69. The zero-order valence-corrected chi connectivity index (χ0v) is 16.8. The topological polar surface area (TPSA) is 33.5 Å². The largest absolute Gasteiger partial charge is 0.573 e. The lowest BCUT2D eigenvalue weighted by Gasteiger charge is -2.34. The van der Waals surface area contributed by atoms with E-state index in [2.05, 4.69) is 20.6 Å². The molecule has 2 fully saturated rings. The zero-order valence-electron chi connectivity index (χ0n) is 16.0. The molecule has 5 nitrogen and oxygen atoms in total. The highest BCUT2D eigenvalue weighted by atomic mass is 35.5. The molecular formula is C20H24ClF3N4O. The lowest BCUT2D eigenvalue weighted by Crippen LogP contribution is -2.47. The Labute approximate surface area is 173 Å². The van der Waals surface area contributed by atoms with Crippen molar-refractivity contribution in [1.29, 1.82) is 0 Å². The number of hydrogen-bond donors (Lipinski definition) is 0. The second-order valence-electron chi connectivity index (χ2n) is 7.53. The van der Waals surface area contributed by atoms with E-state index in [0.29, 0.717) is 11.8 Å². The van der Waals surface area contributed by atoms with Crippen LogP contribution in [0.2, 0.25) is 0 Å². The summed E-state index contributed by atoms with van der Waals surface area (Å²) in [4.78, 5) is 4.61. The molecule has 9 heteroatoms. The van der Waals surface area contributed by atoms with Gasteiger partial charge in [0.1, 0.15) is 5.75 Å². The summed E-state index contributed by atoms with van der Waals surface area (Å²) in [6.45, 7) is 4.56. The third-order valence-electron chi connectivity index (χ3n) is 5.66. The van der Waals surface area contributed by atoms with Crippen molar-refractivity contribution < 1.29 is 17.9 Å². The van der Waals surface area contributed by atoms with Gasteiger partial charge in [-0.15, -0.1) is 24.8 Å². The van der Waals surface area contributed by atoms with Gasteiger partial charge in [0.25, 0.3) is 0 Å². The van der Waals surface area contributed by atoms with Crippen LogP contribution >= 0.6 is 11.6 Å². The molecule has 0 spiro atoms. The molecule has 2 aliphatic rings. The molecule has 1 aliphatic heterocycles. The summed E-state index contributed by atoms with van der Waals surface area (Å²) in [6, 6.07) is 8.05. The van der Waals surface area contributed by atoms with Crippen LogP contribution in [0.25, 0.3) is 5.69 Å². The van der Waals surface area contributed by atoms with Crippen LogP contribution < -0.4 is 9.64 Å². The van der Waals surface area contributed by atoms with E-state index >= 15 is 0 Å². The summed E-state index contributed by atoms with van der Waals surface area (Å²) in [5.41, 5.74) is 1.87. The molecule has 0 amide bonds. The van der Waals surface area contributed by atoms with Crippen LogP contribution in [0.5, 0.6) is 5.75 Å². The van der Waals surface area contributed by atoms with E-state index in [1.165, 1.54) is 18.6 Å². The fourth-order valence-corrected chi connectivity index (χ4v) is 4.09. The third kappa shape index (κ3) is 4.80. The first-order valence-electron chi connectivity index (χ1n) is 9.92. The standard InChI is InChI=1S/C20H24ClF3N4O/c21-8-9-26-10-12-27(13-11-26)19-14-18(15-2-1-3-15)28(25-19)16-4-6-17(7-5-16)29-20(22,23)24/h4-7,14-15H,1-3,8-13H2. The second kappa shape index (κ2) is 8.44. The van der Waals surface area contributed by atoms with Crippen molar-refractivity contribution in [3.05, 3.63) is 36.0 Å². The van der Waals surface area contributed by atoms with E-state index in [-0.39, 0.29) is 5.75 Å². The molecular weight excluding hydrogens is 405 g/mol. The molecule has 0 N–H and O–H groups in total. The fourth-order valence-electron chi connectivity index (χ4n) is 3.85. The minimum absolute atomic E-state index is 0.228. The number of halogens is 4. The molecule has 0 radical (unpaired) electrons. The molecule has 1 saturated carbocycles. The van der Waals surface area contributed by atoms with Gasteiger partial charge in [0, 0.05) is 56.3 Å². The maximum absolute atomic E-state index is 12.4. The van der Waals surface area contributed by atoms with Crippen LogP contribution in [-0.4, -0.2) is 59.6 Å². The molecule has 1 aromatic heterocycles. The number of anilines is 1. The highest BCUT2D eigenvalue weighted by molar-refractivity contribution is 6.18. The number of aromatic nitrogens is 2. The van der Waals surface area contributed by atoms with Gasteiger partial charge < -0.3 is 9.64 Å². The van der Waals surface area contributed by atoms with Gasteiger partial charge in [-0.3, -0.25) is 4.90 Å². The Morgan fingerprint density at radius 2 is 1.76 bits per heavy atom.